The Kier molecular flexibility index (Phi) is 7.44. The molecule has 0 saturated carbocycles. The fourth-order valence-electron chi connectivity index (χ4n) is 6.06. The molecule has 10 nitrogen and oxygen atoms in total. The molecule has 0 amide bonds. The lowest BCUT2D eigenvalue weighted by atomic mass is 9.88. The molecule has 0 unspecified atom stereocenters. The SMILES string of the molecule is C[C@H](c1cccnc1N)N(C)c1nc(COC[C@@H]2CCCN2C)nc(N2CC3(C2)SCc2sc(N)c(C#N)c23)c1F. The molecule has 0 aromatic carbocycles. The molecule has 13 heteroatoms. The van der Waals surface area contributed by atoms with Gasteiger partial charge in [-0.3, -0.25) is 0 Å². The Balaban J connectivity index is 1.29. The van der Waals surface area contributed by atoms with Gasteiger partial charge in [-0.25, -0.2) is 15.0 Å². The zero-order valence-electron chi connectivity index (χ0n) is 23.4. The second-order valence-corrected chi connectivity index (χ2v) is 13.5. The number of aromatic nitrogens is 3. The van der Waals surface area contributed by atoms with Crippen LogP contribution in [-0.4, -0.2) is 66.2 Å². The molecule has 0 bridgehead atoms. The highest BCUT2D eigenvalue weighted by Crippen LogP contribution is 2.58. The largest absolute Gasteiger partial charge is 0.389 e. The maximum Gasteiger partial charge on any atom is 0.208 e. The number of thiophene rings is 1. The number of nitrogen functional groups attached to an aromatic ring is 2. The first-order valence-electron chi connectivity index (χ1n) is 13.7. The first-order valence-corrected chi connectivity index (χ1v) is 15.5. The van der Waals surface area contributed by atoms with E-state index in [2.05, 4.69) is 33.0 Å². The molecule has 0 aliphatic carbocycles. The van der Waals surface area contributed by atoms with Crippen molar-refractivity contribution in [2.24, 2.45) is 0 Å². The lowest BCUT2D eigenvalue weighted by molar-refractivity contribution is 0.0710. The highest BCUT2D eigenvalue weighted by atomic mass is 32.2. The van der Waals surface area contributed by atoms with Crippen molar-refractivity contribution in [3.8, 4) is 6.07 Å². The highest BCUT2D eigenvalue weighted by molar-refractivity contribution is 8.00. The van der Waals surface area contributed by atoms with Crippen molar-refractivity contribution in [3.05, 3.63) is 51.5 Å². The summed E-state index contributed by atoms with van der Waals surface area (Å²) in [6.07, 6.45) is 3.89. The molecule has 41 heavy (non-hydrogen) atoms. The Hall–Kier alpha value is -3.18. The number of nitrogens with two attached hydrogens (primary N) is 2. The van der Waals surface area contributed by atoms with Gasteiger partial charge in [0.2, 0.25) is 5.82 Å². The molecule has 6 heterocycles. The highest BCUT2D eigenvalue weighted by Gasteiger charge is 2.53. The molecule has 2 atom stereocenters. The van der Waals surface area contributed by atoms with E-state index >= 15 is 4.39 Å². The Labute approximate surface area is 247 Å². The fraction of sp³-hybridized carbons (Fsp3) is 0.500. The number of anilines is 4. The van der Waals surface area contributed by atoms with Gasteiger partial charge < -0.3 is 30.9 Å². The van der Waals surface area contributed by atoms with Crippen LogP contribution in [0.15, 0.2) is 18.3 Å². The third-order valence-electron chi connectivity index (χ3n) is 8.56. The van der Waals surface area contributed by atoms with Crippen LogP contribution in [0.2, 0.25) is 0 Å². The van der Waals surface area contributed by atoms with Crippen LogP contribution >= 0.6 is 23.1 Å². The van der Waals surface area contributed by atoms with E-state index in [1.807, 2.05) is 24.0 Å². The Morgan fingerprint density at radius 2 is 2.15 bits per heavy atom. The first-order chi connectivity index (χ1) is 19.7. The second kappa shape index (κ2) is 10.9. The number of nitriles is 1. The summed E-state index contributed by atoms with van der Waals surface area (Å²) in [5.41, 5.74) is 14.7. The minimum atomic E-state index is -0.496. The number of hydrogen-bond acceptors (Lipinski definition) is 12. The number of fused-ring (bicyclic) bond motifs is 2. The van der Waals surface area contributed by atoms with Gasteiger partial charge in [-0.15, -0.1) is 23.1 Å². The molecule has 6 rings (SSSR count). The number of ether oxygens (including phenoxy) is 1. The molecule has 3 aromatic rings. The van der Waals surface area contributed by atoms with Gasteiger partial charge in [-0.1, -0.05) is 6.07 Å². The maximum absolute atomic E-state index is 16.3. The lowest BCUT2D eigenvalue weighted by Gasteiger charge is -2.48. The van der Waals surface area contributed by atoms with Gasteiger partial charge in [0, 0.05) is 54.1 Å². The average molecular weight is 596 g/mol. The molecule has 3 aromatic heterocycles. The van der Waals surface area contributed by atoms with E-state index < -0.39 is 5.82 Å². The van der Waals surface area contributed by atoms with Crippen LogP contribution in [0, 0.1) is 17.1 Å². The topological polar surface area (TPSA) is 133 Å². The quantitative estimate of drug-likeness (QED) is 0.393. The molecule has 4 N–H and O–H groups in total. The summed E-state index contributed by atoms with van der Waals surface area (Å²) in [7, 11) is 3.91. The van der Waals surface area contributed by atoms with Crippen LogP contribution in [0.3, 0.4) is 0 Å². The first kappa shape index (κ1) is 28.0. The number of halogens is 1. The lowest BCUT2D eigenvalue weighted by Crippen LogP contribution is -2.57. The Bertz CT molecular complexity index is 1500. The zero-order valence-corrected chi connectivity index (χ0v) is 25.1. The van der Waals surface area contributed by atoms with Crippen LogP contribution in [0.1, 0.15) is 53.2 Å². The summed E-state index contributed by atoms with van der Waals surface area (Å²) >= 11 is 3.28. The minimum Gasteiger partial charge on any atom is -0.389 e. The normalized spacial score (nSPS) is 20.2. The number of likely N-dealkylation sites (N-methyl/N-ethyl adjacent to an activating group) is 1. The number of hydrogen-bond donors (Lipinski definition) is 2. The van der Waals surface area contributed by atoms with Crippen molar-refractivity contribution in [2.45, 2.75) is 49.0 Å². The molecular weight excluding hydrogens is 562 g/mol. The van der Waals surface area contributed by atoms with Gasteiger partial charge in [0.1, 0.15) is 23.5 Å². The van der Waals surface area contributed by atoms with Crippen molar-refractivity contribution < 1.29 is 9.13 Å². The molecule has 216 valence electrons. The van der Waals surface area contributed by atoms with E-state index in [0.717, 1.165) is 41.1 Å². The predicted molar refractivity (Wildman–Crippen MR) is 161 cm³/mol. The fourth-order valence-corrected chi connectivity index (χ4v) is 8.87. The van der Waals surface area contributed by atoms with Crippen molar-refractivity contribution in [3.63, 3.8) is 0 Å². The minimum absolute atomic E-state index is 0.180. The standard InChI is InChI=1S/C28H34FN9OS2/c1-16(18-7-4-8-33-24(18)31)37(3)26-23(29)27(35-21(34-26)12-39-11-17-6-5-9-36(17)2)38-14-28(15-38)22-19(10-30)25(32)41-20(22)13-40-28/h4,7-8,16-17H,5-6,9,11-15,32H2,1-3H3,(H2,31,33)/t16-,17+/m1/s1. The summed E-state index contributed by atoms with van der Waals surface area (Å²) in [4.78, 5) is 20.7. The third-order valence-corrected chi connectivity index (χ3v) is 11.2. The van der Waals surface area contributed by atoms with Gasteiger partial charge in [0.25, 0.3) is 0 Å². The number of likely N-dealkylation sites (tertiary alicyclic amines) is 1. The summed E-state index contributed by atoms with van der Waals surface area (Å²) in [5, 5.41) is 10.3. The molecule has 2 fully saturated rings. The van der Waals surface area contributed by atoms with Crippen molar-refractivity contribution in [1.29, 1.82) is 5.26 Å². The van der Waals surface area contributed by atoms with Crippen molar-refractivity contribution in [2.75, 3.05) is 61.6 Å². The van der Waals surface area contributed by atoms with E-state index in [0.29, 0.717) is 47.9 Å². The smallest absolute Gasteiger partial charge is 0.208 e. The monoisotopic (exact) mass is 595 g/mol. The average Bonchev–Trinajstić information content (AvgIpc) is 3.61. The number of thioether (sulfide) groups is 1. The van der Waals surface area contributed by atoms with E-state index in [4.69, 9.17) is 16.2 Å². The maximum atomic E-state index is 16.3. The summed E-state index contributed by atoms with van der Waals surface area (Å²) in [6, 6.07) is 6.07. The number of pyridine rings is 1. The van der Waals surface area contributed by atoms with E-state index in [-0.39, 0.29) is 29.0 Å². The predicted octanol–water partition coefficient (Wildman–Crippen LogP) is 3.88. The van der Waals surface area contributed by atoms with E-state index in [1.165, 1.54) is 11.3 Å². The van der Waals surface area contributed by atoms with Gasteiger partial charge in [0.15, 0.2) is 17.5 Å². The third kappa shape index (κ3) is 4.86. The summed E-state index contributed by atoms with van der Waals surface area (Å²) < 4.78 is 22.1. The molecule has 3 aliphatic rings. The molecular formula is C28H34FN9OS2. The van der Waals surface area contributed by atoms with Crippen LogP contribution in [-0.2, 0) is 21.8 Å². The Morgan fingerprint density at radius 3 is 2.85 bits per heavy atom. The van der Waals surface area contributed by atoms with Crippen LogP contribution < -0.4 is 21.3 Å². The second-order valence-electron chi connectivity index (χ2n) is 11.0. The van der Waals surface area contributed by atoms with Crippen molar-refractivity contribution in [1.82, 2.24) is 19.9 Å². The van der Waals surface area contributed by atoms with Gasteiger partial charge in [0.05, 0.1) is 23.0 Å². The molecule has 2 saturated heterocycles. The van der Waals surface area contributed by atoms with Crippen LogP contribution in [0.4, 0.5) is 26.8 Å². The van der Waals surface area contributed by atoms with Crippen molar-refractivity contribution >= 4 is 45.6 Å². The van der Waals surface area contributed by atoms with Crippen LogP contribution in [0.25, 0.3) is 0 Å². The molecule has 0 radical (unpaired) electrons. The number of rotatable bonds is 8. The van der Waals surface area contributed by atoms with Gasteiger partial charge in [-0.2, -0.15) is 9.65 Å². The van der Waals surface area contributed by atoms with E-state index in [9.17, 15) is 5.26 Å². The van der Waals surface area contributed by atoms with Gasteiger partial charge in [-0.05, 0) is 39.4 Å². The molecule has 1 spiro atoms. The number of nitrogens with zero attached hydrogens (tertiary/aromatic N) is 7. The van der Waals surface area contributed by atoms with Gasteiger partial charge >= 0.3 is 0 Å². The molecule has 3 aliphatic heterocycles. The zero-order chi connectivity index (χ0) is 28.9. The van der Waals surface area contributed by atoms with E-state index in [1.54, 1.807) is 29.9 Å². The van der Waals surface area contributed by atoms with Crippen LogP contribution in [0.5, 0.6) is 0 Å². The Morgan fingerprint density at radius 1 is 1.34 bits per heavy atom. The summed E-state index contributed by atoms with van der Waals surface area (Å²) in [6.45, 7) is 4.83. The summed E-state index contributed by atoms with van der Waals surface area (Å²) in [5.74, 6) is 1.55.